The molecule has 3 heteroatoms. The van der Waals surface area contributed by atoms with Gasteiger partial charge in [0.2, 0.25) is 5.91 Å². The van der Waals surface area contributed by atoms with Crippen LogP contribution in [0.4, 0.5) is 5.69 Å². The molecule has 1 aromatic carbocycles. The van der Waals surface area contributed by atoms with Gasteiger partial charge in [-0.25, -0.2) is 0 Å². The van der Waals surface area contributed by atoms with Gasteiger partial charge in [-0.2, -0.15) is 0 Å². The van der Waals surface area contributed by atoms with Gasteiger partial charge in [0.25, 0.3) is 0 Å². The number of hydrogen-bond donors (Lipinski definition) is 1. The van der Waals surface area contributed by atoms with Crippen LogP contribution in [0.5, 0.6) is 0 Å². The Kier molecular flexibility index (Phi) is 2.54. The second-order valence-corrected chi connectivity index (χ2v) is 4.91. The number of nitrogens with zero attached hydrogens (tertiary/aromatic N) is 1. The van der Waals surface area contributed by atoms with E-state index in [0.717, 1.165) is 18.7 Å². The lowest BCUT2D eigenvalue weighted by Gasteiger charge is -2.24. The molecule has 1 saturated carbocycles. The number of nitrogens with one attached hydrogen (secondary N) is 1. The summed E-state index contributed by atoms with van der Waals surface area (Å²) in [6.45, 7) is 2.90. The number of carbonyl (C=O) groups excluding carboxylic acids is 1. The fourth-order valence-electron chi connectivity index (χ4n) is 2.63. The molecule has 0 unspecified atom stereocenters. The molecule has 1 aromatic rings. The summed E-state index contributed by atoms with van der Waals surface area (Å²) in [6, 6.07) is 8.66. The number of fused-ring (bicyclic) bond motifs is 1. The van der Waals surface area contributed by atoms with E-state index < -0.39 is 0 Å². The van der Waals surface area contributed by atoms with E-state index in [-0.39, 0.29) is 11.9 Å². The molecule has 1 N–H and O–H groups in total. The van der Waals surface area contributed by atoms with E-state index in [1.807, 2.05) is 17.0 Å². The van der Waals surface area contributed by atoms with Crippen LogP contribution < -0.4 is 5.32 Å². The Morgan fingerprint density at radius 3 is 2.82 bits per heavy atom. The molecule has 3 rings (SSSR count). The zero-order valence-electron chi connectivity index (χ0n) is 10.1. The fraction of sp³-hybridized carbons (Fsp3) is 0.500. The molecule has 1 atom stereocenters. The van der Waals surface area contributed by atoms with Crippen LogP contribution in [-0.4, -0.2) is 29.4 Å². The normalized spacial score (nSPS) is 21.8. The monoisotopic (exact) mass is 230 g/mol. The summed E-state index contributed by atoms with van der Waals surface area (Å²) in [5.74, 6) is 0.270. The molecule has 17 heavy (non-hydrogen) atoms. The maximum Gasteiger partial charge on any atom is 0.245 e. The van der Waals surface area contributed by atoms with Gasteiger partial charge >= 0.3 is 0 Å². The maximum atomic E-state index is 12.4. The first-order valence-electron chi connectivity index (χ1n) is 6.44. The lowest BCUT2D eigenvalue weighted by Crippen LogP contribution is -2.43. The van der Waals surface area contributed by atoms with E-state index in [9.17, 15) is 4.79 Å². The standard InChI is InChI=1S/C14H18N2O/c1-2-16(11-7-8-11)14(17)13-9-10-5-3-4-6-12(10)15-13/h3-6,11,13,15H,2,7-9H2,1H3/t13-/m0/s1. The van der Waals surface area contributed by atoms with Crippen molar-refractivity contribution in [3.63, 3.8) is 0 Å². The van der Waals surface area contributed by atoms with Crippen molar-refractivity contribution in [2.24, 2.45) is 0 Å². The number of anilines is 1. The van der Waals surface area contributed by atoms with Crippen molar-refractivity contribution < 1.29 is 4.79 Å². The van der Waals surface area contributed by atoms with Gasteiger partial charge in [-0.05, 0) is 31.4 Å². The van der Waals surface area contributed by atoms with Crippen molar-refractivity contribution in [1.82, 2.24) is 4.90 Å². The molecular weight excluding hydrogens is 212 g/mol. The summed E-state index contributed by atoms with van der Waals surface area (Å²) in [7, 11) is 0. The van der Waals surface area contributed by atoms with Gasteiger partial charge in [-0.3, -0.25) is 4.79 Å². The van der Waals surface area contributed by atoms with E-state index in [1.54, 1.807) is 0 Å². The highest BCUT2D eigenvalue weighted by atomic mass is 16.2. The first-order chi connectivity index (χ1) is 8.29. The number of benzene rings is 1. The Hall–Kier alpha value is -1.51. The third-order valence-electron chi connectivity index (χ3n) is 3.68. The zero-order valence-corrected chi connectivity index (χ0v) is 10.1. The molecule has 90 valence electrons. The highest BCUT2D eigenvalue weighted by Gasteiger charge is 2.36. The Morgan fingerprint density at radius 2 is 2.18 bits per heavy atom. The van der Waals surface area contributed by atoms with Gasteiger partial charge in [0, 0.05) is 24.7 Å². The Morgan fingerprint density at radius 1 is 1.41 bits per heavy atom. The van der Waals surface area contributed by atoms with E-state index >= 15 is 0 Å². The number of hydrogen-bond acceptors (Lipinski definition) is 2. The van der Waals surface area contributed by atoms with Gasteiger partial charge in [0.1, 0.15) is 6.04 Å². The van der Waals surface area contributed by atoms with Crippen LogP contribution in [0.15, 0.2) is 24.3 Å². The van der Waals surface area contributed by atoms with E-state index in [0.29, 0.717) is 6.04 Å². The van der Waals surface area contributed by atoms with E-state index in [2.05, 4.69) is 24.4 Å². The Bertz CT molecular complexity index is 415. The molecule has 2 aliphatic rings. The third-order valence-corrected chi connectivity index (χ3v) is 3.68. The number of likely N-dealkylation sites (N-methyl/N-ethyl adjacent to an activating group) is 1. The maximum absolute atomic E-state index is 12.4. The summed E-state index contributed by atoms with van der Waals surface area (Å²) < 4.78 is 0. The van der Waals surface area contributed by atoms with Crippen molar-refractivity contribution in [3.8, 4) is 0 Å². The van der Waals surface area contributed by atoms with Crippen molar-refractivity contribution in [1.29, 1.82) is 0 Å². The minimum Gasteiger partial charge on any atom is -0.373 e. The summed E-state index contributed by atoms with van der Waals surface area (Å²) in [6.07, 6.45) is 3.19. The van der Waals surface area contributed by atoms with Crippen LogP contribution in [0.3, 0.4) is 0 Å². The second-order valence-electron chi connectivity index (χ2n) is 4.91. The zero-order chi connectivity index (χ0) is 11.8. The molecule has 0 aromatic heterocycles. The first-order valence-corrected chi connectivity index (χ1v) is 6.44. The van der Waals surface area contributed by atoms with E-state index in [4.69, 9.17) is 0 Å². The summed E-state index contributed by atoms with van der Waals surface area (Å²) >= 11 is 0. The number of rotatable bonds is 3. The molecule has 1 aliphatic heterocycles. The van der Waals surface area contributed by atoms with Crippen molar-refractivity contribution >= 4 is 11.6 Å². The topological polar surface area (TPSA) is 32.3 Å². The molecular formula is C14H18N2O. The quantitative estimate of drug-likeness (QED) is 0.861. The van der Waals surface area contributed by atoms with Crippen molar-refractivity contribution in [2.75, 3.05) is 11.9 Å². The highest BCUT2D eigenvalue weighted by molar-refractivity contribution is 5.87. The fourth-order valence-corrected chi connectivity index (χ4v) is 2.63. The average Bonchev–Trinajstić information content (AvgIpc) is 3.08. The molecule has 3 nitrogen and oxygen atoms in total. The Labute approximate surface area is 102 Å². The summed E-state index contributed by atoms with van der Waals surface area (Å²) in [5.41, 5.74) is 2.38. The molecule has 0 radical (unpaired) electrons. The van der Waals surface area contributed by atoms with Crippen molar-refractivity contribution in [3.05, 3.63) is 29.8 Å². The van der Waals surface area contributed by atoms with Gasteiger partial charge in [-0.1, -0.05) is 18.2 Å². The lowest BCUT2D eigenvalue weighted by atomic mass is 10.1. The Balaban J connectivity index is 1.73. The smallest absolute Gasteiger partial charge is 0.245 e. The third kappa shape index (κ3) is 1.90. The van der Waals surface area contributed by atoms with Crippen LogP contribution in [0.1, 0.15) is 25.3 Å². The SMILES string of the molecule is CCN(C(=O)[C@@H]1Cc2ccccc2N1)C1CC1. The van der Waals surface area contributed by atoms with Crippen LogP contribution in [0.2, 0.25) is 0 Å². The van der Waals surface area contributed by atoms with Crippen LogP contribution in [0.25, 0.3) is 0 Å². The van der Waals surface area contributed by atoms with Crippen LogP contribution >= 0.6 is 0 Å². The minimum absolute atomic E-state index is 0.0482. The predicted molar refractivity (Wildman–Crippen MR) is 68.0 cm³/mol. The molecule has 1 aliphatic carbocycles. The summed E-state index contributed by atoms with van der Waals surface area (Å²) in [4.78, 5) is 14.4. The summed E-state index contributed by atoms with van der Waals surface area (Å²) in [5, 5.41) is 3.34. The van der Waals surface area contributed by atoms with E-state index in [1.165, 1.54) is 18.4 Å². The number of para-hydroxylation sites is 1. The average molecular weight is 230 g/mol. The largest absolute Gasteiger partial charge is 0.373 e. The minimum atomic E-state index is -0.0482. The molecule has 1 amide bonds. The first kappa shape index (κ1) is 10.6. The number of amides is 1. The highest BCUT2D eigenvalue weighted by Crippen LogP contribution is 2.30. The van der Waals surface area contributed by atoms with Gasteiger partial charge in [0.05, 0.1) is 0 Å². The van der Waals surface area contributed by atoms with Crippen molar-refractivity contribution in [2.45, 2.75) is 38.3 Å². The lowest BCUT2D eigenvalue weighted by molar-refractivity contribution is -0.132. The molecule has 1 heterocycles. The molecule has 0 saturated heterocycles. The predicted octanol–water partition coefficient (Wildman–Crippen LogP) is 2.03. The molecule has 1 fully saturated rings. The second kappa shape index (κ2) is 4.06. The molecule has 0 bridgehead atoms. The van der Waals surface area contributed by atoms with Crippen LogP contribution in [0, 0.1) is 0 Å². The van der Waals surface area contributed by atoms with Gasteiger partial charge in [0.15, 0.2) is 0 Å². The number of carbonyl (C=O) groups is 1. The molecule has 0 spiro atoms. The van der Waals surface area contributed by atoms with Gasteiger partial charge < -0.3 is 10.2 Å². The van der Waals surface area contributed by atoms with Crippen LogP contribution in [-0.2, 0) is 11.2 Å². The van der Waals surface area contributed by atoms with Gasteiger partial charge in [-0.15, -0.1) is 0 Å².